The molecule has 3 nitrogen and oxygen atoms in total. The molecule has 2 aromatic rings. The zero-order chi connectivity index (χ0) is 12.7. The van der Waals surface area contributed by atoms with Crippen molar-refractivity contribution in [3.8, 4) is 0 Å². The molecule has 0 spiro atoms. The predicted octanol–water partition coefficient (Wildman–Crippen LogP) is 2.63. The number of nitrogens with one attached hydrogen (secondary N) is 1. The van der Waals surface area contributed by atoms with E-state index in [1.807, 2.05) is 0 Å². The average molecular weight is 274 g/mol. The fourth-order valence-corrected chi connectivity index (χ4v) is 5.09. The molecule has 0 amide bonds. The lowest BCUT2D eigenvalue weighted by Crippen LogP contribution is -2.55. The number of rotatable bonds is 3. The van der Waals surface area contributed by atoms with E-state index in [1.165, 1.54) is 42.7 Å². The smallest absolute Gasteiger partial charge is 0.231 e. The summed E-state index contributed by atoms with van der Waals surface area (Å²) in [7, 11) is 0.173. The first-order valence-electron chi connectivity index (χ1n) is 7.19. The minimum atomic E-state index is 0.173. The van der Waals surface area contributed by atoms with Crippen LogP contribution in [-0.4, -0.2) is 35.6 Å². The van der Waals surface area contributed by atoms with Crippen molar-refractivity contribution in [2.24, 2.45) is 5.92 Å². The van der Waals surface area contributed by atoms with Crippen molar-refractivity contribution in [1.29, 1.82) is 0 Å². The normalized spacial score (nSPS) is 30.9. The van der Waals surface area contributed by atoms with Gasteiger partial charge in [-0.1, -0.05) is 12.1 Å². The van der Waals surface area contributed by atoms with E-state index in [0.717, 1.165) is 11.8 Å². The van der Waals surface area contributed by atoms with E-state index in [2.05, 4.69) is 45.0 Å². The standard InChI is InChI=1S/C15H20N3S/c1-2-4-15-13(3-1)16-10-19(15)11-17-14-9-18-7-5-12(14)6-8-18/h1-4,10,12,14,17H,5-9,11H2/q+1. The van der Waals surface area contributed by atoms with E-state index in [9.17, 15) is 0 Å². The van der Waals surface area contributed by atoms with Crippen molar-refractivity contribution >= 4 is 20.7 Å². The van der Waals surface area contributed by atoms with Crippen LogP contribution in [0.25, 0.3) is 10.2 Å². The Balaban J connectivity index is 1.47. The lowest BCUT2D eigenvalue weighted by Gasteiger charge is -2.44. The lowest BCUT2D eigenvalue weighted by molar-refractivity contribution is 0.0736. The van der Waals surface area contributed by atoms with Gasteiger partial charge in [-0.2, -0.15) is 4.98 Å². The number of piperidine rings is 3. The molecular formula is C15H20N3S+. The van der Waals surface area contributed by atoms with Gasteiger partial charge in [0, 0.05) is 29.1 Å². The molecule has 0 aliphatic carbocycles. The zero-order valence-electron chi connectivity index (χ0n) is 11.1. The molecule has 0 radical (unpaired) electrons. The summed E-state index contributed by atoms with van der Waals surface area (Å²) in [5.41, 5.74) is 3.31. The molecule has 100 valence electrons. The number of nitrogens with zero attached hydrogens (tertiary/aromatic N) is 2. The largest absolute Gasteiger partial charge is 0.302 e. The molecule has 2 bridgehead atoms. The van der Waals surface area contributed by atoms with Crippen molar-refractivity contribution in [3.63, 3.8) is 0 Å². The first-order valence-corrected chi connectivity index (χ1v) is 8.64. The van der Waals surface area contributed by atoms with Gasteiger partial charge in [-0.05, 0) is 37.9 Å². The summed E-state index contributed by atoms with van der Waals surface area (Å²) in [4.78, 5) is 7.14. The fourth-order valence-electron chi connectivity index (χ4n) is 3.47. The first-order chi connectivity index (χ1) is 9.40. The third kappa shape index (κ3) is 2.18. The highest BCUT2D eigenvalue weighted by Crippen LogP contribution is 2.31. The van der Waals surface area contributed by atoms with Crippen molar-refractivity contribution in [3.05, 3.63) is 29.8 Å². The Morgan fingerprint density at radius 3 is 2.89 bits per heavy atom. The number of hydrogen-bond acceptors (Lipinski definition) is 3. The number of thiazole rings is 1. The van der Waals surface area contributed by atoms with Crippen LogP contribution >= 0.6 is 10.5 Å². The number of para-hydroxylation sites is 1. The number of fused-ring (bicyclic) bond motifs is 4. The molecule has 5 rings (SSSR count). The predicted molar refractivity (Wildman–Crippen MR) is 80.3 cm³/mol. The van der Waals surface area contributed by atoms with Crippen LogP contribution in [0.1, 0.15) is 12.8 Å². The Hall–Kier alpha value is -0.970. The van der Waals surface area contributed by atoms with Gasteiger partial charge in [0.2, 0.25) is 10.2 Å². The van der Waals surface area contributed by atoms with Crippen molar-refractivity contribution in [2.45, 2.75) is 24.8 Å². The molecular weight excluding hydrogens is 254 g/mol. The molecule has 19 heavy (non-hydrogen) atoms. The third-order valence-corrected chi connectivity index (χ3v) is 6.37. The second-order valence-corrected chi connectivity index (χ2v) is 7.52. The maximum Gasteiger partial charge on any atom is 0.231 e. The number of aromatic nitrogens is 1. The third-order valence-electron chi connectivity index (χ3n) is 4.62. The number of benzene rings is 1. The van der Waals surface area contributed by atoms with Crippen LogP contribution < -0.4 is 5.32 Å². The van der Waals surface area contributed by atoms with Crippen molar-refractivity contribution in [2.75, 3.05) is 19.6 Å². The highest BCUT2D eigenvalue weighted by Gasteiger charge is 2.34. The van der Waals surface area contributed by atoms with Gasteiger partial charge in [0.1, 0.15) is 5.52 Å². The van der Waals surface area contributed by atoms with Gasteiger partial charge in [0.05, 0.1) is 0 Å². The van der Waals surface area contributed by atoms with Gasteiger partial charge in [-0.15, -0.1) is 0 Å². The summed E-state index contributed by atoms with van der Waals surface area (Å²) in [6.45, 7) is 3.89. The second kappa shape index (κ2) is 4.85. The fraction of sp³-hybridized carbons (Fsp3) is 0.533. The molecule has 3 aliphatic rings. The Morgan fingerprint density at radius 1 is 1.26 bits per heavy atom. The van der Waals surface area contributed by atoms with E-state index in [0.29, 0.717) is 6.04 Å². The van der Waals surface area contributed by atoms with Crippen LogP contribution in [0.2, 0.25) is 0 Å². The van der Waals surface area contributed by atoms with Crippen molar-refractivity contribution < 1.29 is 0 Å². The van der Waals surface area contributed by atoms with Crippen LogP contribution in [0.4, 0.5) is 0 Å². The quantitative estimate of drug-likeness (QED) is 0.872. The van der Waals surface area contributed by atoms with E-state index in [1.54, 1.807) is 0 Å². The van der Waals surface area contributed by atoms with E-state index >= 15 is 0 Å². The highest BCUT2D eigenvalue weighted by molar-refractivity contribution is 7.34. The van der Waals surface area contributed by atoms with Gasteiger partial charge < -0.3 is 4.90 Å². The van der Waals surface area contributed by atoms with Gasteiger partial charge in [-0.25, -0.2) is 0 Å². The zero-order valence-corrected chi connectivity index (χ0v) is 11.9. The summed E-state index contributed by atoms with van der Waals surface area (Å²) < 4.78 is 1.41. The van der Waals surface area contributed by atoms with E-state index in [-0.39, 0.29) is 10.5 Å². The second-order valence-electron chi connectivity index (χ2n) is 5.72. The molecule has 1 N–H and O–H groups in total. The van der Waals surface area contributed by atoms with Gasteiger partial charge in [0.25, 0.3) is 0 Å². The van der Waals surface area contributed by atoms with Crippen LogP contribution in [-0.2, 0) is 5.88 Å². The minimum absolute atomic E-state index is 0.173. The molecule has 3 fully saturated rings. The molecule has 2 unspecified atom stereocenters. The topological polar surface area (TPSA) is 28.2 Å². The van der Waals surface area contributed by atoms with Crippen LogP contribution in [0.15, 0.2) is 29.8 Å². The Labute approximate surface area is 116 Å². The SMILES string of the molecule is c1ccc2c(c1)nc[s+]2CNC1CN2CCC1CC2. The Bertz CT molecular complexity index is 572. The van der Waals surface area contributed by atoms with E-state index in [4.69, 9.17) is 0 Å². The van der Waals surface area contributed by atoms with E-state index < -0.39 is 0 Å². The molecule has 3 saturated heterocycles. The van der Waals surface area contributed by atoms with Crippen molar-refractivity contribution in [1.82, 2.24) is 15.2 Å². The van der Waals surface area contributed by atoms with Crippen LogP contribution in [0.3, 0.4) is 0 Å². The summed E-state index contributed by atoms with van der Waals surface area (Å²) in [5, 5.41) is 3.82. The summed E-state index contributed by atoms with van der Waals surface area (Å²) in [6.07, 6.45) is 2.77. The van der Waals surface area contributed by atoms with Gasteiger partial charge >= 0.3 is 0 Å². The summed E-state index contributed by atoms with van der Waals surface area (Å²) in [5.74, 6) is 1.97. The Morgan fingerprint density at radius 2 is 2.11 bits per heavy atom. The molecule has 1 aromatic heterocycles. The van der Waals surface area contributed by atoms with Crippen LogP contribution in [0.5, 0.6) is 0 Å². The molecule has 3 aliphatic heterocycles. The maximum atomic E-state index is 4.53. The monoisotopic (exact) mass is 274 g/mol. The molecule has 2 atom stereocenters. The highest BCUT2D eigenvalue weighted by atomic mass is 32.2. The Kier molecular flexibility index (Phi) is 3.02. The lowest BCUT2D eigenvalue weighted by atomic mass is 9.84. The van der Waals surface area contributed by atoms with Gasteiger partial charge in [-0.3, -0.25) is 5.32 Å². The average Bonchev–Trinajstić information content (AvgIpc) is 2.90. The van der Waals surface area contributed by atoms with Crippen LogP contribution in [0, 0.1) is 5.92 Å². The van der Waals surface area contributed by atoms with Gasteiger partial charge in [0.15, 0.2) is 5.88 Å². The first kappa shape index (κ1) is 11.8. The number of hydrogen-bond donors (Lipinski definition) is 1. The molecule has 4 heterocycles. The minimum Gasteiger partial charge on any atom is -0.302 e. The summed E-state index contributed by atoms with van der Waals surface area (Å²) in [6, 6.07) is 9.25. The molecule has 4 heteroatoms. The molecule has 0 saturated carbocycles. The maximum absolute atomic E-state index is 4.53. The summed E-state index contributed by atoms with van der Waals surface area (Å²) >= 11 is 0. The molecule has 1 aromatic carbocycles.